The molecule has 0 aromatic heterocycles. The van der Waals surface area contributed by atoms with Gasteiger partial charge in [0.2, 0.25) is 0 Å². The van der Waals surface area contributed by atoms with Gasteiger partial charge in [0, 0.05) is 19.0 Å². The molecular weight excluding hydrogens is 232 g/mol. The van der Waals surface area contributed by atoms with E-state index in [1.807, 2.05) is 36.4 Å². The van der Waals surface area contributed by atoms with E-state index in [2.05, 4.69) is 35.2 Å². The minimum Gasteiger partial charge on any atom is -0.282 e. The predicted molar refractivity (Wildman–Crippen MR) is 75.4 cm³/mol. The van der Waals surface area contributed by atoms with Crippen LogP contribution in [0.3, 0.4) is 0 Å². The van der Waals surface area contributed by atoms with Crippen LogP contribution in [0.1, 0.15) is 17.0 Å². The number of benzene rings is 2. The molecule has 0 aliphatic carbocycles. The number of nitrogens with zero attached hydrogens (tertiary/aromatic N) is 2. The molecule has 1 heterocycles. The third-order valence-corrected chi connectivity index (χ3v) is 3.79. The number of nitriles is 1. The van der Waals surface area contributed by atoms with Crippen molar-refractivity contribution >= 4 is 0 Å². The third-order valence-electron chi connectivity index (χ3n) is 3.79. The van der Waals surface area contributed by atoms with Gasteiger partial charge in [-0.15, -0.1) is 0 Å². The Kier molecular flexibility index (Phi) is 3.31. The maximum Gasteiger partial charge on any atom is 0.106 e. The molecule has 1 aliphatic heterocycles. The van der Waals surface area contributed by atoms with Crippen molar-refractivity contribution in [1.82, 2.24) is 4.90 Å². The van der Waals surface area contributed by atoms with Crippen molar-refractivity contribution in [2.75, 3.05) is 6.54 Å². The van der Waals surface area contributed by atoms with Crippen molar-refractivity contribution < 1.29 is 0 Å². The molecule has 0 saturated carbocycles. The first-order valence-electron chi connectivity index (χ1n) is 6.61. The molecule has 0 N–H and O–H groups in total. The van der Waals surface area contributed by atoms with E-state index in [4.69, 9.17) is 0 Å². The van der Waals surface area contributed by atoms with Gasteiger partial charge in [-0.1, -0.05) is 60.7 Å². The number of hydrogen-bond acceptors (Lipinski definition) is 2. The van der Waals surface area contributed by atoms with Crippen LogP contribution in [0.5, 0.6) is 0 Å². The van der Waals surface area contributed by atoms with Gasteiger partial charge in [-0.3, -0.25) is 4.90 Å². The first-order chi connectivity index (χ1) is 9.38. The summed E-state index contributed by atoms with van der Waals surface area (Å²) >= 11 is 0. The van der Waals surface area contributed by atoms with E-state index >= 15 is 0 Å². The molecule has 94 valence electrons. The minimum atomic E-state index is 0.00241. The highest BCUT2D eigenvalue weighted by atomic mass is 15.2. The summed E-state index contributed by atoms with van der Waals surface area (Å²) in [5.41, 5.74) is 2.55. The SMILES string of the molecule is N#C[C@H]1[C@H](c2ccccc2)CN1Cc1ccccc1. The van der Waals surface area contributed by atoms with Gasteiger partial charge in [0.25, 0.3) is 0 Å². The average molecular weight is 248 g/mol. The van der Waals surface area contributed by atoms with Gasteiger partial charge in [0.15, 0.2) is 0 Å². The average Bonchev–Trinajstić information content (AvgIpc) is 2.45. The molecule has 1 fully saturated rings. The summed E-state index contributed by atoms with van der Waals surface area (Å²) in [6, 6.07) is 23.1. The van der Waals surface area contributed by atoms with Crippen LogP contribution >= 0.6 is 0 Å². The summed E-state index contributed by atoms with van der Waals surface area (Å²) in [6.45, 7) is 1.83. The first-order valence-corrected chi connectivity index (χ1v) is 6.61. The predicted octanol–water partition coefficient (Wildman–Crippen LogP) is 3.18. The first kappa shape index (κ1) is 12.0. The lowest BCUT2D eigenvalue weighted by molar-refractivity contribution is 0.0894. The van der Waals surface area contributed by atoms with E-state index in [1.54, 1.807) is 0 Å². The standard InChI is InChI=1S/C17H16N2/c18-11-17-16(15-9-5-2-6-10-15)13-19(17)12-14-7-3-1-4-8-14/h1-10,16-17H,12-13H2/t16-,17-/m0/s1. The van der Waals surface area contributed by atoms with Crippen molar-refractivity contribution in [2.45, 2.75) is 18.5 Å². The fraction of sp³-hybridized carbons (Fsp3) is 0.235. The van der Waals surface area contributed by atoms with Crippen LogP contribution in [-0.4, -0.2) is 17.5 Å². The quantitative estimate of drug-likeness (QED) is 0.834. The second-order valence-corrected chi connectivity index (χ2v) is 5.01. The summed E-state index contributed by atoms with van der Waals surface area (Å²) in [5, 5.41) is 9.37. The summed E-state index contributed by atoms with van der Waals surface area (Å²) in [7, 11) is 0. The molecule has 2 atom stereocenters. The summed E-state index contributed by atoms with van der Waals surface area (Å²) in [6.07, 6.45) is 0. The molecule has 2 nitrogen and oxygen atoms in total. The molecular formula is C17H16N2. The van der Waals surface area contributed by atoms with Gasteiger partial charge >= 0.3 is 0 Å². The van der Waals surface area contributed by atoms with Gasteiger partial charge in [-0.25, -0.2) is 0 Å². The van der Waals surface area contributed by atoms with Crippen LogP contribution in [0.2, 0.25) is 0 Å². The van der Waals surface area contributed by atoms with Crippen molar-refractivity contribution in [1.29, 1.82) is 5.26 Å². The maximum atomic E-state index is 9.37. The Bertz CT molecular complexity index is 571. The number of likely N-dealkylation sites (tertiary alicyclic amines) is 1. The summed E-state index contributed by atoms with van der Waals surface area (Å²) in [4.78, 5) is 2.24. The van der Waals surface area contributed by atoms with Crippen LogP contribution in [0.15, 0.2) is 60.7 Å². The fourth-order valence-electron chi connectivity index (χ4n) is 2.72. The summed E-state index contributed by atoms with van der Waals surface area (Å²) in [5.74, 6) is 0.356. The number of rotatable bonds is 3. The van der Waals surface area contributed by atoms with E-state index < -0.39 is 0 Å². The van der Waals surface area contributed by atoms with Crippen molar-refractivity contribution in [3.8, 4) is 6.07 Å². The highest BCUT2D eigenvalue weighted by Crippen LogP contribution is 2.34. The van der Waals surface area contributed by atoms with Gasteiger partial charge < -0.3 is 0 Å². The van der Waals surface area contributed by atoms with Crippen molar-refractivity contribution in [3.63, 3.8) is 0 Å². The third kappa shape index (κ3) is 2.38. The largest absolute Gasteiger partial charge is 0.282 e. The molecule has 0 unspecified atom stereocenters. The van der Waals surface area contributed by atoms with Gasteiger partial charge in [-0.2, -0.15) is 5.26 Å². The Morgan fingerprint density at radius 2 is 1.63 bits per heavy atom. The summed E-state index contributed by atoms with van der Waals surface area (Å²) < 4.78 is 0. The number of hydrogen-bond donors (Lipinski definition) is 0. The molecule has 0 spiro atoms. The normalized spacial score (nSPS) is 22.5. The van der Waals surface area contributed by atoms with E-state index in [0.717, 1.165) is 13.1 Å². The zero-order chi connectivity index (χ0) is 13.1. The smallest absolute Gasteiger partial charge is 0.106 e. The zero-order valence-corrected chi connectivity index (χ0v) is 10.7. The van der Waals surface area contributed by atoms with E-state index in [9.17, 15) is 5.26 Å². The molecule has 2 aromatic carbocycles. The molecule has 3 rings (SSSR count). The molecule has 0 radical (unpaired) electrons. The molecule has 0 bridgehead atoms. The topological polar surface area (TPSA) is 27.0 Å². The van der Waals surface area contributed by atoms with E-state index in [0.29, 0.717) is 5.92 Å². The monoisotopic (exact) mass is 248 g/mol. The van der Waals surface area contributed by atoms with Crippen LogP contribution in [0, 0.1) is 11.3 Å². The molecule has 2 aromatic rings. The second kappa shape index (κ2) is 5.26. The molecule has 19 heavy (non-hydrogen) atoms. The molecule has 2 heteroatoms. The van der Waals surface area contributed by atoms with Crippen molar-refractivity contribution in [3.05, 3.63) is 71.8 Å². The minimum absolute atomic E-state index is 0.00241. The molecule has 0 amide bonds. The van der Waals surface area contributed by atoms with E-state index in [1.165, 1.54) is 11.1 Å². The van der Waals surface area contributed by atoms with Gasteiger partial charge in [-0.05, 0) is 11.1 Å². The molecule has 1 saturated heterocycles. The lowest BCUT2D eigenvalue weighted by atomic mass is 9.83. The highest BCUT2D eigenvalue weighted by molar-refractivity contribution is 5.29. The fourth-order valence-corrected chi connectivity index (χ4v) is 2.72. The Labute approximate surface area is 113 Å². The zero-order valence-electron chi connectivity index (χ0n) is 10.7. The maximum absolute atomic E-state index is 9.37. The van der Waals surface area contributed by atoms with Gasteiger partial charge in [0.1, 0.15) is 6.04 Å². The Balaban J connectivity index is 1.70. The van der Waals surface area contributed by atoms with Crippen LogP contribution < -0.4 is 0 Å². The molecule has 1 aliphatic rings. The van der Waals surface area contributed by atoms with Gasteiger partial charge in [0.05, 0.1) is 6.07 Å². The lowest BCUT2D eigenvalue weighted by Gasteiger charge is -2.44. The van der Waals surface area contributed by atoms with Crippen LogP contribution in [0.25, 0.3) is 0 Å². The Hall–Kier alpha value is -2.11. The van der Waals surface area contributed by atoms with E-state index in [-0.39, 0.29) is 6.04 Å². The van der Waals surface area contributed by atoms with Crippen molar-refractivity contribution in [2.24, 2.45) is 0 Å². The second-order valence-electron chi connectivity index (χ2n) is 5.01. The van der Waals surface area contributed by atoms with Crippen LogP contribution in [-0.2, 0) is 6.54 Å². The highest BCUT2D eigenvalue weighted by Gasteiger charge is 2.39. The van der Waals surface area contributed by atoms with Crippen LogP contribution in [0.4, 0.5) is 0 Å². The Morgan fingerprint density at radius 3 is 2.26 bits per heavy atom. The lowest BCUT2D eigenvalue weighted by Crippen LogP contribution is -2.53. The Morgan fingerprint density at radius 1 is 1.00 bits per heavy atom.